The number of carbonyl (C=O) groups excluding carboxylic acids is 2. The highest BCUT2D eigenvalue weighted by atomic mass is 19.4. The van der Waals surface area contributed by atoms with Gasteiger partial charge in [-0.05, 0) is 24.1 Å². The van der Waals surface area contributed by atoms with Gasteiger partial charge in [-0.3, -0.25) is 14.7 Å². The van der Waals surface area contributed by atoms with E-state index in [1.807, 2.05) is 6.92 Å². The zero-order valence-electron chi connectivity index (χ0n) is 16.3. The van der Waals surface area contributed by atoms with Crippen LogP contribution >= 0.6 is 0 Å². The molecule has 4 heterocycles. The van der Waals surface area contributed by atoms with E-state index in [9.17, 15) is 22.8 Å². The summed E-state index contributed by atoms with van der Waals surface area (Å²) in [7, 11) is 0. The van der Waals surface area contributed by atoms with Crippen LogP contribution in [-0.2, 0) is 11.0 Å². The van der Waals surface area contributed by atoms with Crippen LogP contribution in [0.4, 0.5) is 24.5 Å². The Morgan fingerprint density at radius 3 is 2.74 bits per heavy atom. The highest BCUT2D eigenvalue weighted by Gasteiger charge is 2.37. The summed E-state index contributed by atoms with van der Waals surface area (Å²) in [5.74, 6) is -0.973. The lowest BCUT2D eigenvalue weighted by molar-refractivity contribution is -0.140. The fourth-order valence-electron chi connectivity index (χ4n) is 3.36. The molecule has 160 valence electrons. The Balaban J connectivity index is 1.66. The number of rotatable bonds is 4. The second kappa shape index (κ2) is 7.82. The summed E-state index contributed by atoms with van der Waals surface area (Å²) >= 11 is 0. The minimum atomic E-state index is -4.80. The molecule has 4 rings (SSSR count). The zero-order valence-corrected chi connectivity index (χ0v) is 16.3. The Hall–Kier alpha value is -3.76. The summed E-state index contributed by atoms with van der Waals surface area (Å²) < 4.78 is 40.4. The van der Waals surface area contributed by atoms with Gasteiger partial charge in [0.25, 0.3) is 5.91 Å². The van der Waals surface area contributed by atoms with Gasteiger partial charge in [-0.2, -0.15) is 18.3 Å². The average molecular weight is 430 g/mol. The van der Waals surface area contributed by atoms with Crippen LogP contribution in [0.5, 0.6) is 0 Å². The number of amides is 2. The van der Waals surface area contributed by atoms with Crippen molar-refractivity contribution in [1.82, 2.24) is 20.2 Å². The summed E-state index contributed by atoms with van der Waals surface area (Å²) in [6.45, 7) is 2.24. The molecule has 1 fully saturated rings. The van der Waals surface area contributed by atoms with Crippen molar-refractivity contribution in [2.24, 2.45) is 5.92 Å². The fraction of sp³-hybridized carbons (Fsp3) is 0.250. The summed E-state index contributed by atoms with van der Waals surface area (Å²) in [5.41, 5.74) is -0.633. The largest absolute Gasteiger partial charge is 0.435 e. The molecule has 0 saturated carbocycles. The number of aromatic nitrogens is 4. The Kier molecular flexibility index (Phi) is 5.17. The maximum atomic E-state index is 13.5. The molecule has 3 aromatic heterocycles. The number of hydrogen-bond acceptors (Lipinski definition) is 5. The van der Waals surface area contributed by atoms with Gasteiger partial charge in [0.05, 0.1) is 29.5 Å². The lowest BCUT2D eigenvalue weighted by Gasteiger charge is -2.19. The number of alkyl halides is 3. The Bertz CT molecular complexity index is 1130. The molecule has 0 spiro atoms. The molecule has 31 heavy (non-hydrogen) atoms. The van der Waals surface area contributed by atoms with Crippen LogP contribution in [0.25, 0.3) is 11.3 Å². The Morgan fingerprint density at radius 2 is 2.10 bits per heavy atom. The Labute approximate surface area is 174 Å². The van der Waals surface area contributed by atoms with Gasteiger partial charge >= 0.3 is 6.18 Å². The molecule has 0 radical (unpaired) electrons. The molecule has 0 aromatic carbocycles. The number of nitrogens with zero attached hydrogens (tertiary/aromatic N) is 4. The van der Waals surface area contributed by atoms with E-state index in [0.717, 1.165) is 12.3 Å². The van der Waals surface area contributed by atoms with Gasteiger partial charge < -0.3 is 10.2 Å². The molecule has 0 unspecified atom stereocenters. The van der Waals surface area contributed by atoms with E-state index in [1.165, 1.54) is 17.2 Å². The topological polar surface area (TPSA) is 104 Å². The second-order valence-electron chi connectivity index (χ2n) is 7.25. The normalized spacial score (nSPS) is 16.6. The molecule has 2 N–H and O–H groups in total. The highest BCUT2D eigenvalue weighted by Crippen LogP contribution is 2.36. The number of hydrogen-bond donors (Lipinski definition) is 2. The van der Waals surface area contributed by atoms with E-state index >= 15 is 0 Å². The van der Waals surface area contributed by atoms with Crippen molar-refractivity contribution >= 4 is 23.2 Å². The number of carbonyl (C=O) groups is 2. The van der Waals surface area contributed by atoms with Crippen LogP contribution in [-0.4, -0.2) is 38.5 Å². The van der Waals surface area contributed by atoms with Gasteiger partial charge in [0.15, 0.2) is 5.69 Å². The summed E-state index contributed by atoms with van der Waals surface area (Å²) in [4.78, 5) is 33.9. The molecule has 3 aromatic rings. The van der Waals surface area contributed by atoms with Crippen LogP contribution in [0.1, 0.15) is 29.5 Å². The van der Waals surface area contributed by atoms with Gasteiger partial charge in [0.1, 0.15) is 5.69 Å². The predicted molar refractivity (Wildman–Crippen MR) is 105 cm³/mol. The summed E-state index contributed by atoms with van der Waals surface area (Å²) in [6, 6.07) is 5.71. The lowest BCUT2D eigenvalue weighted by atomic mass is 10.2. The maximum Gasteiger partial charge on any atom is 0.435 e. The first-order valence-electron chi connectivity index (χ1n) is 9.37. The van der Waals surface area contributed by atoms with Crippen molar-refractivity contribution in [3.63, 3.8) is 0 Å². The van der Waals surface area contributed by atoms with E-state index in [-0.39, 0.29) is 23.2 Å². The van der Waals surface area contributed by atoms with Crippen molar-refractivity contribution in [2.75, 3.05) is 16.8 Å². The van der Waals surface area contributed by atoms with Crippen LogP contribution in [0, 0.1) is 5.92 Å². The molecule has 1 saturated heterocycles. The quantitative estimate of drug-likeness (QED) is 0.659. The molecule has 2 amide bonds. The van der Waals surface area contributed by atoms with E-state index in [4.69, 9.17) is 0 Å². The maximum absolute atomic E-state index is 13.5. The first-order valence-corrected chi connectivity index (χ1v) is 9.37. The Morgan fingerprint density at radius 1 is 1.29 bits per heavy atom. The van der Waals surface area contributed by atoms with E-state index in [2.05, 4.69) is 25.5 Å². The zero-order chi connectivity index (χ0) is 22.2. The van der Waals surface area contributed by atoms with Gasteiger partial charge in [0, 0.05) is 24.7 Å². The molecule has 0 bridgehead atoms. The van der Waals surface area contributed by atoms with Crippen molar-refractivity contribution in [2.45, 2.75) is 19.5 Å². The van der Waals surface area contributed by atoms with Crippen LogP contribution in [0.2, 0.25) is 0 Å². The number of nitrogens with one attached hydrogen (secondary N) is 2. The van der Waals surface area contributed by atoms with Crippen molar-refractivity contribution in [3.8, 4) is 11.3 Å². The number of halogens is 3. The van der Waals surface area contributed by atoms with Crippen molar-refractivity contribution in [1.29, 1.82) is 0 Å². The SMILES string of the molecule is C[C@H]1CC(=O)N(c2cnc(C(F)(F)F)c(NC(=O)c3cccc(-c4cn[nH]c4)n3)c2)C1. The third kappa shape index (κ3) is 4.25. The molecule has 11 heteroatoms. The molecule has 1 aliphatic heterocycles. The van der Waals surface area contributed by atoms with E-state index in [0.29, 0.717) is 24.2 Å². The van der Waals surface area contributed by atoms with E-state index in [1.54, 1.807) is 18.3 Å². The molecule has 1 atom stereocenters. The van der Waals surface area contributed by atoms with Crippen LogP contribution in [0.15, 0.2) is 42.9 Å². The third-order valence-corrected chi connectivity index (χ3v) is 4.80. The van der Waals surface area contributed by atoms with Crippen LogP contribution in [0.3, 0.4) is 0 Å². The van der Waals surface area contributed by atoms with Gasteiger partial charge in [-0.1, -0.05) is 13.0 Å². The molecule has 8 nitrogen and oxygen atoms in total. The van der Waals surface area contributed by atoms with Crippen molar-refractivity contribution in [3.05, 3.63) is 54.2 Å². The first kappa shape index (κ1) is 20.5. The van der Waals surface area contributed by atoms with Gasteiger partial charge in [-0.25, -0.2) is 9.97 Å². The molecular weight excluding hydrogens is 413 g/mol. The van der Waals surface area contributed by atoms with E-state index < -0.39 is 23.5 Å². The minimum absolute atomic E-state index is 0.0719. The fourth-order valence-corrected chi connectivity index (χ4v) is 3.36. The molecule has 0 aliphatic carbocycles. The van der Waals surface area contributed by atoms with Crippen LogP contribution < -0.4 is 10.2 Å². The highest BCUT2D eigenvalue weighted by molar-refractivity contribution is 6.04. The number of H-pyrrole nitrogens is 1. The lowest BCUT2D eigenvalue weighted by Crippen LogP contribution is -2.26. The van der Waals surface area contributed by atoms with Crippen molar-refractivity contribution < 1.29 is 22.8 Å². The predicted octanol–water partition coefficient (Wildman–Crippen LogP) is 3.51. The monoisotopic (exact) mass is 430 g/mol. The smallest absolute Gasteiger partial charge is 0.319 e. The number of aromatic amines is 1. The molecular formula is C20H17F3N6O2. The standard InChI is InChI=1S/C20H17F3N6O2/c1-11-5-17(30)29(10-11)13-6-16(18(24-9-13)20(21,22)23)28-19(31)15-4-2-3-14(27-15)12-7-25-26-8-12/h2-4,6-9,11H,5,10H2,1H3,(H,25,26)(H,28,31)/t11-/m0/s1. The number of pyridine rings is 2. The first-order chi connectivity index (χ1) is 14.7. The van der Waals surface area contributed by atoms with Gasteiger partial charge in [0.2, 0.25) is 5.91 Å². The average Bonchev–Trinajstić information content (AvgIpc) is 3.37. The minimum Gasteiger partial charge on any atom is -0.319 e. The third-order valence-electron chi connectivity index (χ3n) is 4.80. The summed E-state index contributed by atoms with van der Waals surface area (Å²) in [6.07, 6.45) is -0.421. The summed E-state index contributed by atoms with van der Waals surface area (Å²) in [5, 5.41) is 8.68. The number of anilines is 2. The van der Waals surface area contributed by atoms with Gasteiger partial charge in [-0.15, -0.1) is 0 Å². The molecule has 1 aliphatic rings. The second-order valence-corrected chi connectivity index (χ2v) is 7.25.